The Morgan fingerprint density at radius 2 is 1.82 bits per heavy atom. The van der Waals surface area contributed by atoms with Gasteiger partial charge in [-0.1, -0.05) is 48.0 Å². The summed E-state index contributed by atoms with van der Waals surface area (Å²) in [6.07, 6.45) is -0.114. The van der Waals surface area contributed by atoms with Crippen LogP contribution in [0.25, 0.3) is 10.9 Å². The van der Waals surface area contributed by atoms with Gasteiger partial charge in [0.1, 0.15) is 0 Å². The molecule has 33 heavy (non-hydrogen) atoms. The maximum atomic E-state index is 11.2. The van der Waals surface area contributed by atoms with Gasteiger partial charge < -0.3 is 20.9 Å². The van der Waals surface area contributed by atoms with Crippen molar-refractivity contribution in [2.24, 2.45) is 10.7 Å². The Morgan fingerprint density at radius 1 is 1.09 bits per heavy atom. The first-order chi connectivity index (χ1) is 15.6. The molecule has 7 heteroatoms. The topological polar surface area (TPSA) is 112 Å². The minimum absolute atomic E-state index is 0.0469. The second-order valence-corrected chi connectivity index (χ2v) is 8.97. The summed E-state index contributed by atoms with van der Waals surface area (Å²) in [4.78, 5) is 19.1. The van der Waals surface area contributed by atoms with E-state index in [1.807, 2.05) is 50.2 Å². The highest BCUT2D eigenvalue weighted by atomic mass is 35.5. The van der Waals surface area contributed by atoms with Crippen molar-refractivity contribution in [1.82, 2.24) is 4.98 Å². The average Bonchev–Trinajstić information content (AvgIpc) is 3.06. The molecule has 0 atom stereocenters. The molecule has 4 aromatic rings. The van der Waals surface area contributed by atoms with E-state index in [1.54, 1.807) is 30.3 Å². The molecule has 1 heterocycles. The highest BCUT2D eigenvalue weighted by Crippen LogP contribution is 2.33. The fraction of sp³-hybridized carbons (Fsp3) is 0.154. The average molecular weight is 462 g/mol. The molecule has 0 saturated heterocycles. The Balaban J connectivity index is 1.91. The first kappa shape index (κ1) is 22.6. The predicted molar refractivity (Wildman–Crippen MR) is 132 cm³/mol. The number of rotatable bonds is 6. The number of carbonyl (C=O) groups is 1. The molecule has 0 bridgehead atoms. The van der Waals surface area contributed by atoms with Crippen molar-refractivity contribution < 1.29 is 15.0 Å². The molecule has 1 aromatic heterocycles. The number of H-pyrrole nitrogens is 1. The zero-order chi connectivity index (χ0) is 23.8. The normalized spacial score (nSPS) is 12.3. The van der Waals surface area contributed by atoms with Crippen LogP contribution in [0, 0.1) is 0 Å². The third-order valence-corrected chi connectivity index (χ3v) is 5.62. The number of nitrogens with two attached hydrogens (primary N) is 1. The van der Waals surface area contributed by atoms with Crippen molar-refractivity contribution >= 4 is 39.9 Å². The number of carboxylic acids is 1. The SMILES string of the molecule is CC(C)(N)c1ccc(N=C(c2cccc(CC(=O)O)c2)c2c(O)[nH]c3cc(Cl)ccc23)cc1. The molecule has 0 radical (unpaired) electrons. The Bertz CT molecular complexity index is 1370. The number of aromatic nitrogens is 1. The number of nitrogens with zero attached hydrogens (tertiary/aromatic N) is 1. The lowest BCUT2D eigenvalue weighted by atomic mass is 9.95. The third kappa shape index (κ3) is 4.92. The van der Waals surface area contributed by atoms with E-state index >= 15 is 0 Å². The maximum Gasteiger partial charge on any atom is 0.307 e. The lowest BCUT2D eigenvalue weighted by Gasteiger charge is -2.19. The lowest BCUT2D eigenvalue weighted by molar-refractivity contribution is -0.136. The van der Waals surface area contributed by atoms with Gasteiger partial charge in [0.15, 0.2) is 5.88 Å². The molecule has 0 aliphatic rings. The molecular formula is C26H24ClN3O3. The predicted octanol–water partition coefficient (Wildman–Crippen LogP) is 5.52. The van der Waals surface area contributed by atoms with Crippen LogP contribution in [-0.4, -0.2) is 26.9 Å². The largest absolute Gasteiger partial charge is 0.494 e. The Labute approximate surface area is 196 Å². The van der Waals surface area contributed by atoms with Crippen LogP contribution in [0.5, 0.6) is 5.88 Å². The van der Waals surface area contributed by atoms with E-state index < -0.39 is 11.5 Å². The van der Waals surface area contributed by atoms with Crippen molar-refractivity contribution in [1.29, 1.82) is 0 Å². The van der Waals surface area contributed by atoms with Gasteiger partial charge in [0, 0.05) is 21.5 Å². The molecular weight excluding hydrogens is 438 g/mol. The molecule has 0 aliphatic carbocycles. The Hall–Kier alpha value is -3.61. The van der Waals surface area contributed by atoms with Crippen molar-refractivity contribution in [2.45, 2.75) is 25.8 Å². The fourth-order valence-electron chi connectivity index (χ4n) is 3.76. The van der Waals surface area contributed by atoms with Crippen molar-refractivity contribution in [3.05, 3.63) is 94.0 Å². The highest BCUT2D eigenvalue weighted by molar-refractivity contribution is 6.31. The monoisotopic (exact) mass is 461 g/mol. The lowest BCUT2D eigenvalue weighted by Crippen LogP contribution is -2.28. The summed E-state index contributed by atoms with van der Waals surface area (Å²) in [7, 11) is 0. The number of benzene rings is 3. The van der Waals surface area contributed by atoms with Crippen LogP contribution in [0.4, 0.5) is 5.69 Å². The van der Waals surface area contributed by atoms with Crippen LogP contribution in [-0.2, 0) is 16.8 Å². The van der Waals surface area contributed by atoms with Crippen LogP contribution < -0.4 is 5.73 Å². The molecule has 3 aromatic carbocycles. The molecule has 168 valence electrons. The molecule has 0 unspecified atom stereocenters. The van der Waals surface area contributed by atoms with E-state index in [0.717, 1.165) is 10.9 Å². The summed E-state index contributed by atoms with van der Waals surface area (Å²) in [5.41, 5.74) is 10.4. The van der Waals surface area contributed by atoms with Gasteiger partial charge in [0.05, 0.1) is 28.9 Å². The van der Waals surface area contributed by atoms with Gasteiger partial charge in [-0.3, -0.25) is 4.79 Å². The van der Waals surface area contributed by atoms with Crippen molar-refractivity contribution in [3.63, 3.8) is 0 Å². The minimum atomic E-state index is -0.921. The number of aliphatic imine (C=N–C) groups is 1. The number of aromatic hydroxyl groups is 1. The van der Waals surface area contributed by atoms with Gasteiger partial charge in [-0.05, 0) is 55.3 Å². The van der Waals surface area contributed by atoms with Gasteiger partial charge in [0.25, 0.3) is 0 Å². The number of aromatic amines is 1. The van der Waals surface area contributed by atoms with Crippen LogP contribution in [0.3, 0.4) is 0 Å². The summed E-state index contributed by atoms with van der Waals surface area (Å²) in [5, 5.41) is 21.3. The molecule has 6 nitrogen and oxygen atoms in total. The number of aliphatic carboxylic acids is 1. The molecule has 0 aliphatic heterocycles. The van der Waals surface area contributed by atoms with E-state index in [-0.39, 0.29) is 12.3 Å². The third-order valence-electron chi connectivity index (χ3n) is 5.39. The quantitative estimate of drug-likeness (QED) is 0.283. The van der Waals surface area contributed by atoms with Crippen LogP contribution in [0.2, 0.25) is 5.02 Å². The number of carboxylic acid groups (broad SMARTS) is 1. The van der Waals surface area contributed by atoms with E-state index in [0.29, 0.717) is 38.6 Å². The zero-order valence-corrected chi connectivity index (χ0v) is 19.0. The van der Waals surface area contributed by atoms with Crippen LogP contribution in [0.1, 0.15) is 36.1 Å². The second-order valence-electron chi connectivity index (χ2n) is 8.54. The van der Waals surface area contributed by atoms with Gasteiger partial charge in [0.2, 0.25) is 0 Å². The second kappa shape index (κ2) is 8.73. The molecule has 0 saturated carbocycles. The number of hydrogen-bond acceptors (Lipinski definition) is 4. The van der Waals surface area contributed by atoms with Crippen molar-refractivity contribution in [3.8, 4) is 5.88 Å². The number of hydrogen-bond donors (Lipinski definition) is 4. The van der Waals surface area contributed by atoms with E-state index in [2.05, 4.69) is 4.98 Å². The Kier molecular flexibility index (Phi) is 5.97. The highest BCUT2D eigenvalue weighted by Gasteiger charge is 2.20. The standard InChI is InChI=1S/C26H24ClN3O3/c1-26(2,28)17-6-9-19(10-7-17)29-24(16-5-3-4-15(12-16)13-22(31)32)23-20-11-8-18(27)14-21(20)30-25(23)33/h3-12,14,30,33H,13,28H2,1-2H3,(H,31,32). The van der Waals surface area contributed by atoms with E-state index in [4.69, 9.17) is 22.3 Å². The van der Waals surface area contributed by atoms with Gasteiger partial charge in [-0.2, -0.15) is 0 Å². The summed E-state index contributed by atoms with van der Waals surface area (Å²) >= 11 is 6.13. The van der Waals surface area contributed by atoms with E-state index in [1.165, 1.54) is 0 Å². The van der Waals surface area contributed by atoms with Gasteiger partial charge in [-0.15, -0.1) is 0 Å². The number of nitrogens with one attached hydrogen (secondary N) is 1. The summed E-state index contributed by atoms with van der Waals surface area (Å²) in [5.74, 6) is -0.968. The number of fused-ring (bicyclic) bond motifs is 1. The number of halogens is 1. The smallest absolute Gasteiger partial charge is 0.307 e. The molecule has 0 spiro atoms. The van der Waals surface area contributed by atoms with Crippen LogP contribution in [0.15, 0.2) is 71.7 Å². The zero-order valence-electron chi connectivity index (χ0n) is 18.3. The maximum absolute atomic E-state index is 11.2. The molecule has 5 N–H and O–H groups in total. The minimum Gasteiger partial charge on any atom is -0.494 e. The van der Waals surface area contributed by atoms with Crippen molar-refractivity contribution in [2.75, 3.05) is 0 Å². The van der Waals surface area contributed by atoms with Crippen LogP contribution >= 0.6 is 11.6 Å². The first-order valence-corrected chi connectivity index (χ1v) is 10.8. The fourth-order valence-corrected chi connectivity index (χ4v) is 3.93. The van der Waals surface area contributed by atoms with Gasteiger partial charge in [-0.25, -0.2) is 4.99 Å². The first-order valence-electron chi connectivity index (χ1n) is 10.4. The summed E-state index contributed by atoms with van der Waals surface area (Å²) < 4.78 is 0. The van der Waals surface area contributed by atoms with E-state index in [9.17, 15) is 15.0 Å². The summed E-state index contributed by atoms with van der Waals surface area (Å²) in [6, 6.07) is 20.0. The molecule has 4 rings (SSSR count). The van der Waals surface area contributed by atoms with Gasteiger partial charge >= 0.3 is 5.97 Å². The summed E-state index contributed by atoms with van der Waals surface area (Å²) in [6.45, 7) is 3.86. The molecule has 0 fully saturated rings. The Morgan fingerprint density at radius 3 is 2.48 bits per heavy atom. The molecule has 0 amide bonds.